The standard InChI is InChI=1S/C25H27N7O3/c1-5-17-14-23(32-31-17)29-22-12-16(3)26-25(30-22)35-20-10-9-19(13-21(20)34-4)28-24(33)27-18-8-6-7-15(2)11-18/h6-14H,5H2,1-4H3,(H2,27,28,33)(H2,26,29,30,31,32). The van der Waals surface area contributed by atoms with Gasteiger partial charge in [0.05, 0.1) is 12.8 Å². The van der Waals surface area contributed by atoms with Gasteiger partial charge in [0.2, 0.25) is 0 Å². The summed E-state index contributed by atoms with van der Waals surface area (Å²) in [6.45, 7) is 5.84. The minimum absolute atomic E-state index is 0.152. The van der Waals surface area contributed by atoms with Gasteiger partial charge >= 0.3 is 12.0 Å². The Morgan fingerprint density at radius 1 is 0.971 bits per heavy atom. The molecule has 0 spiro atoms. The fraction of sp³-hybridized carbons (Fsp3) is 0.200. The van der Waals surface area contributed by atoms with Crippen LogP contribution >= 0.6 is 0 Å². The molecule has 35 heavy (non-hydrogen) atoms. The Bertz CT molecular complexity index is 1340. The predicted octanol–water partition coefficient (Wildman–Crippen LogP) is 5.57. The second kappa shape index (κ2) is 10.6. The van der Waals surface area contributed by atoms with Crippen molar-refractivity contribution in [1.29, 1.82) is 0 Å². The van der Waals surface area contributed by atoms with E-state index in [9.17, 15) is 4.79 Å². The minimum atomic E-state index is -0.367. The van der Waals surface area contributed by atoms with Gasteiger partial charge in [0.15, 0.2) is 11.5 Å². The molecule has 4 rings (SSSR count). The SMILES string of the molecule is CCc1cc(Nc2cc(C)nc(Oc3ccc(NC(=O)Nc4cccc(C)c4)cc3OC)n2)[nH]n1. The Morgan fingerprint density at radius 2 is 1.77 bits per heavy atom. The van der Waals surface area contributed by atoms with E-state index in [1.165, 1.54) is 7.11 Å². The molecule has 2 aromatic carbocycles. The summed E-state index contributed by atoms with van der Waals surface area (Å²) in [5.74, 6) is 2.11. The van der Waals surface area contributed by atoms with Crippen LogP contribution in [-0.4, -0.2) is 33.3 Å². The molecule has 2 amide bonds. The summed E-state index contributed by atoms with van der Waals surface area (Å²) >= 11 is 0. The summed E-state index contributed by atoms with van der Waals surface area (Å²) < 4.78 is 11.4. The number of carbonyl (C=O) groups excluding carboxylic acids is 1. The summed E-state index contributed by atoms with van der Waals surface area (Å²) in [6.07, 6.45) is 0.827. The van der Waals surface area contributed by atoms with Crippen molar-refractivity contribution >= 4 is 29.0 Å². The molecule has 0 radical (unpaired) electrons. The Balaban J connectivity index is 1.46. The van der Waals surface area contributed by atoms with Crippen molar-refractivity contribution in [2.24, 2.45) is 0 Å². The van der Waals surface area contributed by atoms with Gasteiger partial charge in [-0.2, -0.15) is 10.1 Å². The third kappa shape index (κ3) is 6.26. The number of hydrogen-bond donors (Lipinski definition) is 4. The zero-order valence-corrected chi connectivity index (χ0v) is 20.0. The molecule has 0 saturated heterocycles. The maximum Gasteiger partial charge on any atom is 0.324 e. The van der Waals surface area contributed by atoms with Gasteiger partial charge in [0.25, 0.3) is 0 Å². The summed E-state index contributed by atoms with van der Waals surface area (Å²) in [5, 5.41) is 15.9. The molecule has 4 aromatic rings. The van der Waals surface area contributed by atoms with Gasteiger partial charge in [-0.3, -0.25) is 5.10 Å². The normalized spacial score (nSPS) is 10.5. The van der Waals surface area contributed by atoms with Crippen molar-refractivity contribution in [3.8, 4) is 17.5 Å². The number of H-pyrrole nitrogens is 1. The molecule has 0 fully saturated rings. The lowest BCUT2D eigenvalue weighted by atomic mass is 10.2. The van der Waals surface area contributed by atoms with Crippen LogP contribution in [0.2, 0.25) is 0 Å². The Hall–Kier alpha value is -4.60. The third-order valence-electron chi connectivity index (χ3n) is 4.99. The van der Waals surface area contributed by atoms with E-state index in [-0.39, 0.29) is 12.0 Å². The van der Waals surface area contributed by atoms with E-state index in [4.69, 9.17) is 9.47 Å². The maximum atomic E-state index is 12.4. The number of nitrogens with zero attached hydrogens (tertiary/aromatic N) is 3. The summed E-state index contributed by atoms with van der Waals surface area (Å²) in [7, 11) is 1.52. The van der Waals surface area contributed by atoms with Gasteiger partial charge in [-0.1, -0.05) is 19.1 Å². The number of aromatic nitrogens is 4. The molecule has 0 aliphatic rings. The number of anilines is 4. The summed E-state index contributed by atoms with van der Waals surface area (Å²) in [5.41, 5.74) is 3.96. The average Bonchev–Trinajstić information content (AvgIpc) is 3.27. The molecule has 0 bridgehead atoms. The highest BCUT2D eigenvalue weighted by atomic mass is 16.5. The second-order valence-corrected chi connectivity index (χ2v) is 7.84. The molecule has 2 aromatic heterocycles. The van der Waals surface area contributed by atoms with Crippen LogP contribution in [0, 0.1) is 13.8 Å². The minimum Gasteiger partial charge on any atom is -0.493 e. The van der Waals surface area contributed by atoms with Crippen molar-refractivity contribution < 1.29 is 14.3 Å². The quantitative estimate of drug-likeness (QED) is 0.264. The topological polar surface area (TPSA) is 126 Å². The monoisotopic (exact) mass is 473 g/mol. The average molecular weight is 474 g/mol. The predicted molar refractivity (Wildman–Crippen MR) is 135 cm³/mol. The number of aromatic amines is 1. The van der Waals surface area contributed by atoms with Crippen LogP contribution in [0.25, 0.3) is 0 Å². The van der Waals surface area contributed by atoms with Gasteiger partial charge in [0.1, 0.15) is 11.6 Å². The number of nitrogens with one attached hydrogen (secondary N) is 4. The number of benzene rings is 2. The zero-order chi connectivity index (χ0) is 24.8. The van der Waals surface area contributed by atoms with E-state index in [1.54, 1.807) is 24.3 Å². The van der Waals surface area contributed by atoms with Crippen LogP contribution in [0.5, 0.6) is 17.5 Å². The smallest absolute Gasteiger partial charge is 0.324 e. The lowest BCUT2D eigenvalue weighted by molar-refractivity contribution is 0.262. The molecule has 0 saturated carbocycles. The fourth-order valence-corrected chi connectivity index (χ4v) is 3.34. The maximum absolute atomic E-state index is 12.4. The molecule has 0 unspecified atom stereocenters. The highest BCUT2D eigenvalue weighted by molar-refractivity contribution is 6.00. The van der Waals surface area contributed by atoms with E-state index >= 15 is 0 Å². The Morgan fingerprint density at radius 3 is 2.49 bits per heavy atom. The highest BCUT2D eigenvalue weighted by Crippen LogP contribution is 2.33. The number of rotatable bonds is 8. The van der Waals surface area contributed by atoms with Crippen LogP contribution in [0.15, 0.2) is 54.6 Å². The van der Waals surface area contributed by atoms with Gasteiger partial charge < -0.3 is 25.4 Å². The molecule has 0 aliphatic carbocycles. The lowest BCUT2D eigenvalue weighted by Crippen LogP contribution is -2.19. The lowest BCUT2D eigenvalue weighted by Gasteiger charge is -2.13. The number of aryl methyl sites for hydroxylation is 3. The molecule has 0 atom stereocenters. The van der Waals surface area contributed by atoms with E-state index in [0.29, 0.717) is 28.7 Å². The number of amides is 2. The van der Waals surface area contributed by atoms with E-state index in [0.717, 1.165) is 29.2 Å². The molecule has 0 aliphatic heterocycles. The first-order valence-corrected chi connectivity index (χ1v) is 11.1. The van der Waals surface area contributed by atoms with E-state index in [2.05, 4.69) is 36.1 Å². The van der Waals surface area contributed by atoms with Crippen LogP contribution in [0.1, 0.15) is 23.9 Å². The van der Waals surface area contributed by atoms with Crippen molar-refractivity contribution in [2.75, 3.05) is 23.1 Å². The summed E-state index contributed by atoms with van der Waals surface area (Å²) in [6, 6.07) is 16.1. The second-order valence-electron chi connectivity index (χ2n) is 7.84. The Labute approximate surface area is 203 Å². The molecular weight excluding hydrogens is 446 g/mol. The van der Waals surface area contributed by atoms with Gasteiger partial charge in [0, 0.05) is 35.3 Å². The largest absolute Gasteiger partial charge is 0.493 e. The van der Waals surface area contributed by atoms with E-state index in [1.807, 2.05) is 51.1 Å². The third-order valence-corrected chi connectivity index (χ3v) is 4.99. The van der Waals surface area contributed by atoms with Crippen LogP contribution in [-0.2, 0) is 6.42 Å². The first-order chi connectivity index (χ1) is 16.9. The zero-order valence-electron chi connectivity index (χ0n) is 20.0. The van der Waals surface area contributed by atoms with Gasteiger partial charge in [-0.25, -0.2) is 9.78 Å². The molecule has 10 nitrogen and oxygen atoms in total. The number of urea groups is 1. The molecular formula is C25H27N7O3. The number of carbonyl (C=O) groups is 1. The van der Waals surface area contributed by atoms with Crippen molar-refractivity contribution in [3.63, 3.8) is 0 Å². The first-order valence-electron chi connectivity index (χ1n) is 11.1. The van der Waals surface area contributed by atoms with Crippen LogP contribution < -0.4 is 25.4 Å². The fourth-order valence-electron chi connectivity index (χ4n) is 3.34. The van der Waals surface area contributed by atoms with Crippen LogP contribution in [0.3, 0.4) is 0 Å². The Kier molecular flexibility index (Phi) is 7.10. The number of methoxy groups -OCH3 is 1. The van der Waals surface area contributed by atoms with Crippen LogP contribution in [0.4, 0.5) is 27.8 Å². The molecule has 10 heteroatoms. The molecule has 4 N–H and O–H groups in total. The molecule has 180 valence electrons. The van der Waals surface area contributed by atoms with E-state index < -0.39 is 0 Å². The van der Waals surface area contributed by atoms with Gasteiger partial charge in [-0.05, 0) is 50.1 Å². The first kappa shape index (κ1) is 23.6. The van der Waals surface area contributed by atoms with Crippen molar-refractivity contribution in [2.45, 2.75) is 27.2 Å². The highest BCUT2D eigenvalue weighted by Gasteiger charge is 2.12. The van der Waals surface area contributed by atoms with Crippen molar-refractivity contribution in [1.82, 2.24) is 20.2 Å². The molecule has 2 heterocycles. The number of hydrogen-bond acceptors (Lipinski definition) is 7. The van der Waals surface area contributed by atoms with Gasteiger partial charge in [-0.15, -0.1) is 0 Å². The summed E-state index contributed by atoms with van der Waals surface area (Å²) in [4.78, 5) is 21.2. The number of ether oxygens (including phenoxy) is 2. The van der Waals surface area contributed by atoms with Crippen molar-refractivity contribution in [3.05, 3.63) is 71.5 Å².